The van der Waals surface area contributed by atoms with Gasteiger partial charge in [0.05, 0.1) is 0 Å². The predicted octanol–water partition coefficient (Wildman–Crippen LogP) is 0.977. The summed E-state index contributed by atoms with van der Waals surface area (Å²) in [5.74, 6) is 0.304. The summed E-state index contributed by atoms with van der Waals surface area (Å²) < 4.78 is 0. The topological polar surface area (TPSA) is 68.1 Å². The molecular weight excluding hydrogens is 214 g/mol. The minimum Gasteiger partial charge on any atom is -0.508 e. The number of fused-ring (bicyclic) bond motifs is 1. The number of aliphatic hydroxyl groups is 1. The fourth-order valence-electron chi connectivity index (χ4n) is 3.30. The molecule has 17 heavy (non-hydrogen) atoms. The van der Waals surface area contributed by atoms with Gasteiger partial charge in [-0.05, 0) is 36.1 Å². The molecule has 0 radical (unpaired) electrons. The summed E-state index contributed by atoms with van der Waals surface area (Å²) in [6, 6.07) is 5.48. The van der Waals surface area contributed by atoms with Crippen molar-refractivity contribution < 1.29 is 15.9 Å². The van der Waals surface area contributed by atoms with E-state index >= 15 is 0 Å². The van der Waals surface area contributed by atoms with Crippen molar-refractivity contribution in [2.45, 2.75) is 50.7 Å². The zero-order chi connectivity index (χ0) is 12.6. The second-order valence-corrected chi connectivity index (χ2v) is 5.08. The third kappa shape index (κ3) is 1.74. The smallest absolute Gasteiger partial charge is 0.121 e. The maximum Gasteiger partial charge on any atom is 0.121 e. The molecule has 0 bridgehead atoms. The normalized spacial score (nSPS) is 26.6. The molecule has 0 heterocycles. The van der Waals surface area contributed by atoms with Gasteiger partial charge in [-0.3, -0.25) is 0 Å². The Labute approximate surface area is 102 Å². The van der Waals surface area contributed by atoms with Gasteiger partial charge in [0.2, 0.25) is 0 Å². The third-order valence-electron chi connectivity index (χ3n) is 4.49. The van der Waals surface area contributed by atoms with Crippen LogP contribution in [0.4, 0.5) is 0 Å². The Morgan fingerprint density at radius 3 is 2.59 bits per heavy atom. The molecule has 2 atom stereocenters. The molecule has 0 saturated heterocycles. The standard InChI is InChI=1S/C14H21NO2/c1-3-14(4-2)11-8-10(16)6-5-9(11)7-12(17)13(14)15/h5-6,8,12-13,16-17H,3-4,7,15H2,1-2H3/p+1. The Kier molecular flexibility index (Phi) is 3.15. The molecule has 2 rings (SSSR count). The van der Waals surface area contributed by atoms with E-state index in [1.54, 1.807) is 6.07 Å². The van der Waals surface area contributed by atoms with Gasteiger partial charge in [-0.2, -0.15) is 0 Å². The fraction of sp³-hybridized carbons (Fsp3) is 0.571. The number of hydrogen-bond donors (Lipinski definition) is 3. The zero-order valence-electron chi connectivity index (χ0n) is 10.6. The molecule has 1 aromatic rings. The number of hydrogen-bond acceptors (Lipinski definition) is 2. The van der Waals surface area contributed by atoms with Gasteiger partial charge in [0.15, 0.2) is 0 Å². The second kappa shape index (κ2) is 4.31. The van der Waals surface area contributed by atoms with Crippen LogP contribution in [0.5, 0.6) is 5.75 Å². The van der Waals surface area contributed by atoms with E-state index < -0.39 is 0 Å². The molecule has 3 nitrogen and oxygen atoms in total. The summed E-state index contributed by atoms with van der Waals surface area (Å²) in [5, 5.41) is 19.8. The van der Waals surface area contributed by atoms with Crippen molar-refractivity contribution >= 4 is 0 Å². The molecule has 5 N–H and O–H groups in total. The summed E-state index contributed by atoms with van der Waals surface area (Å²) in [5.41, 5.74) is 6.39. The van der Waals surface area contributed by atoms with E-state index in [0.717, 1.165) is 18.4 Å². The van der Waals surface area contributed by atoms with Crippen LogP contribution in [0, 0.1) is 0 Å². The maximum atomic E-state index is 10.2. The van der Waals surface area contributed by atoms with Gasteiger partial charge in [-0.1, -0.05) is 19.9 Å². The van der Waals surface area contributed by atoms with E-state index in [2.05, 4.69) is 19.6 Å². The lowest BCUT2D eigenvalue weighted by atomic mass is 9.63. The summed E-state index contributed by atoms with van der Waals surface area (Å²) in [4.78, 5) is 0. The number of quaternary nitrogens is 1. The molecule has 0 amide bonds. The average molecular weight is 236 g/mol. The van der Waals surface area contributed by atoms with Gasteiger partial charge >= 0.3 is 0 Å². The highest BCUT2D eigenvalue weighted by molar-refractivity contribution is 5.43. The monoisotopic (exact) mass is 236 g/mol. The highest BCUT2D eigenvalue weighted by atomic mass is 16.3. The number of rotatable bonds is 2. The molecule has 94 valence electrons. The van der Waals surface area contributed by atoms with E-state index in [1.165, 1.54) is 5.56 Å². The Hall–Kier alpha value is -1.06. The summed E-state index contributed by atoms with van der Waals surface area (Å²) in [6.07, 6.45) is 2.13. The Balaban J connectivity index is 2.62. The van der Waals surface area contributed by atoms with Crippen molar-refractivity contribution in [3.63, 3.8) is 0 Å². The number of benzene rings is 1. The Morgan fingerprint density at radius 2 is 2.00 bits per heavy atom. The van der Waals surface area contributed by atoms with Crippen LogP contribution in [0.25, 0.3) is 0 Å². The van der Waals surface area contributed by atoms with Crippen LogP contribution in [0.3, 0.4) is 0 Å². The number of aromatic hydroxyl groups is 1. The summed E-state index contributed by atoms with van der Waals surface area (Å²) in [6.45, 7) is 4.26. The highest BCUT2D eigenvalue weighted by Crippen LogP contribution is 2.42. The Morgan fingerprint density at radius 1 is 1.35 bits per heavy atom. The van der Waals surface area contributed by atoms with E-state index in [0.29, 0.717) is 12.2 Å². The first-order valence-electron chi connectivity index (χ1n) is 6.38. The van der Waals surface area contributed by atoms with Crippen molar-refractivity contribution in [3.8, 4) is 5.75 Å². The fourth-order valence-corrected chi connectivity index (χ4v) is 3.30. The summed E-state index contributed by atoms with van der Waals surface area (Å²) in [7, 11) is 0. The van der Waals surface area contributed by atoms with E-state index in [1.807, 2.05) is 12.1 Å². The van der Waals surface area contributed by atoms with Crippen LogP contribution in [0.1, 0.15) is 37.8 Å². The van der Waals surface area contributed by atoms with E-state index in [9.17, 15) is 10.2 Å². The molecule has 1 aliphatic carbocycles. The molecule has 3 heteroatoms. The van der Waals surface area contributed by atoms with Gasteiger partial charge in [0.1, 0.15) is 17.9 Å². The molecule has 0 aromatic heterocycles. The number of phenolic OH excluding ortho intramolecular Hbond substituents is 1. The van der Waals surface area contributed by atoms with Gasteiger partial charge in [0, 0.05) is 11.8 Å². The minimum absolute atomic E-state index is 0.00759. The molecule has 0 spiro atoms. The van der Waals surface area contributed by atoms with E-state index in [4.69, 9.17) is 0 Å². The maximum absolute atomic E-state index is 10.2. The number of phenols is 1. The van der Waals surface area contributed by atoms with Crippen LogP contribution in [0.15, 0.2) is 18.2 Å². The second-order valence-electron chi connectivity index (χ2n) is 5.08. The van der Waals surface area contributed by atoms with Crippen molar-refractivity contribution in [2.24, 2.45) is 0 Å². The van der Waals surface area contributed by atoms with Crippen LogP contribution in [-0.2, 0) is 11.8 Å². The van der Waals surface area contributed by atoms with Crippen molar-refractivity contribution in [2.75, 3.05) is 0 Å². The van der Waals surface area contributed by atoms with Gasteiger partial charge in [-0.25, -0.2) is 0 Å². The molecule has 0 aliphatic heterocycles. The first kappa shape index (κ1) is 12.4. The molecular formula is C14H22NO2+. The third-order valence-corrected chi connectivity index (χ3v) is 4.49. The Bertz CT molecular complexity index is 413. The van der Waals surface area contributed by atoms with Crippen molar-refractivity contribution in [1.29, 1.82) is 0 Å². The van der Waals surface area contributed by atoms with Gasteiger partial charge in [-0.15, -0.1) is 0 Å². The number of aliphatic hydroxyl groups excluding tert-OH is 1. The van der Waals surface area contributed by atoms with Gasteiger partial charge in [0.25, 0.3) is 0 Å². The van der Waals surface area contributed by atoms with Crippen molar-refractivity contribution in [1.82, 2.24) is 0 Å². The molecule has 0 fully saturated rings. The van der Waals surface area contributed by atoms with Crippen molar-refractivity contribution in [3.05, 3.63) is 29.3 Å². The van der Waals surface area contributed by atoms with Crippen LogP contribution < -0.4 is 5.73 Å². The lowest BCUT2D eigenvalue weighted by Gasteiger charge is -2.43. The van der Waals surface area contributed by atoms with Crippen LogP contribution in [0.2, 0.25) is 0 Å². The lowest BCUT2D eigenvalue weighted by Crippen LogP contribution is -2.76. The highest BCUT2D eigenvalue weighted by Gasteiger charge is 2.47. The first-order chi connectivity index (χ1) is 8.05. The molecule has 2 unspecified atom stereocenters. The average Bonchev–Trinajstić information content (AvgIpc) is 2.33. The minimum atomic E-state index is -0.382. The largest absolute Gasteiger partial charge is 0.508 e. The quantitative estimate of drug-likeness (QED) is 0.716. The predicted molar refractivity (Wildman–Crippen MR) is 66.8 cm³/mol. The summed E-state index contributed by atoms with van der Waals surface area (Å²) >= 11 is 0. The van der Waals surface area contributed by atoms with E-state index in [-0.39, 0.29) is 17.6 Å². The molecule has 0 saturated carbocycles. The van der Waals surface area contributed by atoms with Gasteiger partial charge < -0.3 is 15.9 Å². The SMILES string of the molecule is CCC1(CC)c2cc(O)ccc2CC(O)C1[NH3+]. The van der Waals surface area contributed by atoms with Crippen LogP contribution >= 0.6 is 0 Å². The zero-order valence-corrected chi connectivity index (χ0v) is 10.6. The lowest BCUT2D eigenvalue weighted by molar-refractivity contribution is -0.457. The van der Waals surface area contributed by atoms with Crippen LogP contribution in [-0.4, -0.2) is 22.4 Å². The molecule has 1 aromatic carbocycles. The molecule has 1 aliphatic rings. The first-order valence-corrected chi connectivity index (χ1v) is 6.38.